The zero-order valence-electron chi connectivity index (χ0n) is 13.5. The van der Waals surface area contributed by atoms with Gasteiger partial charge in [0.2, 0.25) is 0 Å². The molecule has 0 amide bonds. The number of carbonyl (C=O) groups excluding carboxylic acids is 1. The van der Waals surface area contributed by atoms with Crippen molar-refractivity contribution in [3.8, 4) is 6.07 Å². The molecule has 0 unspecified atom stereocenters. The highest BCUT2D eigenvalue weighted by Gasteiger charge is 2.09. The third-order valence-corrected chi connectivity index (χ3v) is 3.81. The summed E-state index contributed by atoms with van der Waals surface area (Å²) in [5.74, 6) is -0.696. The van der Waals surface area contributed by atoms with E-state index in [9.17, 15) is 4.79 Å². The second kappa shape index (κ2) is 10.6. The standard InChI is InChI=1S/C16H17BrN4O2S/c1-4-23-15(22)13(9-18)10-19-16(24-3)21-20-11(2)12-5-7-14(17)8-6-12/h5-8,10H,4H2,1-3H3,(H,19,21)/b13-10+,20-11?. The maximum atomic E-state index is 11.5. The maximum Gasteiger partial charge on any atom is 0.350 e. The molecule has 0 saturated carbocycles. The summed E-state index contributed by atoms with van der Waals surface area (Å²) >= 11 is 4.69. The zero-order chi connectivity index (χ0) is 17.9. The minimum atomic E-state index is -0.696. The van der Waals surface area contributed by atoms with Crippen LogP contribution in [0.25, 0.3) is 0 Å². The first-order valence-electron chi connectivity index (χ1n) is 6.97. The Labute approximate surface area is 153 Å². The van der Waals surface area contributed by atoms with Crippen LogP contribution in [-0.4, -0.2) is 29.7 Å². The summed E-state index contributed by atoms with van der Waals surface area (Å²) in [4.78, 5) is 15.6. The second-order valence-corrected chi connectivity index (χ2v) is 6.04. The summed E-state index contributed by atoms with van der Waals surface area (Å²) in [5, 5.41) is 13.7. The molecular weight excluding hydrogens is 392 g/mol. The Morgan fingerprint density at radius 3 is 2.67 bits per heavy atom. The Balaban J connectivity index is 2.86. The maximum absolute atomic E-state index is 11.5. The largest absolute Gasteiger partial charge is 0.462 e. The lowest BCUT2D eigenvalue weighted by Gasteiger charge is -2.04. The van der Waals surface area contributed by atoms with Gasteiger partial charge in [0.1, 0.15) is 6.07 Å². The van der Waals surface area contributed by atoms with Crippen molar-refractivity contribution in [1.82, 2.24) is 5.43 Å². The van der Waals surface area contributed by atoms with E-state index in [4.69, 9.17) is 10.00 Å². The molecule has 0 aliphatic heterocycles. The number of halogens is 1. The fourth-order valence-electron chi connectivity index (χ4n) is 1.47. The summed E-state index contributed by atoms with van der Waals surface area (Å²) in [6, 6.07) is 9.50. The Morgan fingerprint density at radius 2 is 2.12 bits per heavy atom. The first-order valence-corrected chi connectivity index (χ1v) is 8.99. The SMILES string of the molecule is CCOC(=O)/C(C#N)=C/N=C(NN=C(C)c1ccc(Br)cc1)SC. The van der Waals surface area contributed by atoms with Crippen LogP contribution in [0.3, 0.4) is 0 Å². The Bertz CT molecular complexity index is 706. The molecule has 0 atom stereocenters. The average molecular weight is 409 g/mol. The van der Waals surface area contributed by atoms with E-state index in [2.05, 4.69) is 31.4 Å². The van der Waals surface area contributed by atoms with Crippen LogP contribution in [0.2, 0.25) is 0 Å². The van der Waals surface area contributed by atoms with Crippen molar-refractivity contribution in [1.29, 1.82) is 5.26 Å². The molecule has 1 N–H and O–H groups in total. The molecule has 6 nitrogen and oxygen atoms in total. The van der Waals surface area contributed by atoms with Crippen LogP contribution in [-0.2, 0) is 9.53 Å². The summed E-state index contributed by atoms with van der Waals surface area (Å²) in [6.07, 6.45) is 2.97. The van der Waals surface area contributed by atoms with Crippen molar-refractivity contribution >= 4 is 44.5 Å². The molecule has 126 valence electrons. The summed E-state index contributed by atoms with van der Waals surface area (Å²) in [5.41, 5.74) is 4.39. The van der Waals surface area contributed by atoms with E-state index in [0.717, 1.165) is 15.7 Å². The molecule has 8 heteroatoms. The van der Waals surface area contributed by atoms with Crippen LogP contribution in [0.15, 0.2) is 50.6 Å². The van der Waals surface area contributed by atoms with Crippen LogP contribution >= 0.6 is 27.7 Å². The number of thioether (sulfide) groups is 1. The van der Waals surface area contributed by atoms with Gasteiger partial charge in [-0.05, 0) is 37.8 Å². The molecule has 1 aromatic carbocycles. The highest BCUT2D eigenvalue weighted by Crippen LogP contribution is 2.11. The minimum Gasteiger partial charge on any atom is -0.462 e. The van der Waals surface area contributed by atoms with Gasteiger partial charge < -0.3 is 4.74 Å². The van der Waals surface area contributed by atoms with E-state index < -0.39 is 5.97 Å². The number of hydrazone groups is 1. The van der Waals surface area contributed by atoms with E-state index in [0.29, 0.717) is 5.17 Å². The van der Waals surface area contributed by atoms with E-state index in [1.165, 1.54) is 18.0 Å². The number of hydrogen-bond donors (Lipinski definition) is 1. The summed E-state index contributed by atoms with van der Waals surface area (Å²) in [7, 11) is 0. The van der Waals surface area contributed by atoms with Gasteiger partial charge in [-0.15, -0.1) is 0 Å². The number of hydrogen-bond acceptors (Lipinski definition) is 6. The molecule has 1 aromatic rings. The monoisotopic (exact) mass is 408 g/mol. The summed E-state index contributed by atoms with van der Waals surface area (Å²) in [6.45, 7) is 3.74. The molecule has 24 heavy (non-hydrogen) atoms. The van der Waals surface area contributed by atoms with Gasteiger partial charge in [-0.2, -0.15) is 10.4 Å². The Kier molecular flexibility index (Phi) is 8.83. The number of benzene rings is 1. The molecule has 0 radical (unpaired) electrons. The first-order chi connectivity index (χ1) is 11.5. The van der Waals surface area contributed by atoms with Gasteiger partial charge in [0, 0.05) is 4.47 Å². The molecule has 0 fully saturated rings. The summed E-state index contributed by atoms with van der Waals surface area (Å²) < 4.78 is 5.76. The molecule has 0 saturated heterocycles. The van der Waals surface area contributed by atoms with Gasteiger partial charge in [0.05, 0.1) is 18.5 Å². The Hall–Kier alpha value is -2.11. The molecule has 0 bridgehead atoms. The molecule has 0 spiro atoms. The van der Waals surface area contributed by atoms with Gasteiger partial charge in [-0.3, -0.25) is 5.43 Å². The lowest BCUT2D eigenvalue weighted by Crippen LogP contribution is -2.16. The van der Waals surface area contributed by atoms with Gasteiger partial charge in [0.25, 0.3) is 0 Å². The number of nitrogens with one attached hydrogen (secondary N) is 1. The van der Waals surface area contributed by atoms with Gasteiger partial charge in [-0.25, -0.2) is 9.79 Å². The second-order valence-electron chi connectivity index (χ2n) is 4.33. The predicted octanol–water partition coefficient (Wildman–Crippen LogP) is 3.45. The Morgan fingerprint density at radius 1 is 1.46 bits per heavy atom. The van der Waals surface area contributed by atoms with Crippen LogP contribution < -0.4 is 5.43 Å². The molecule has 0 aliphatic rings. The molecule has 1 rings (SSSR count). The van der Waals surface area contributed by atoms with Crippen molar-refractivity contribution in [2.45, 2.75) is 13.8 Å². The topological polar surface area (TPSA) is 86.8 Å². The highest BCUT2D eigenvalue weighted by molar-refractivity contribution is 9.10. The first kappa shape index (κ1) is 19.9. The third-order valence-electron chi connectivity index (χ3n) is 2.70. The molecule has 0 heterocycles. The number of amidine groups is 1. The van der Waals surface area contributed by atoms with Gasteiger partial charge in [0.15, 0.2) is 10.7 Å². The molecular formula is C16H17BrN4O2S. The smallest absolute Gasteiger partial charge is 0.350 e. The van der Waals surface area contributed by atoms with Crippen molar-refractivity contribution < 1.29 is 9.53 Å². The third kappa shape index (κ3) is 6.56. The van der Waals surface area contributed by atoms with E-state index >= 15 is 0 Å². The molecule has 0 aromatic heterocycles. The number of nitrogens with zero attached hydrogens (tertiary/aromatic N) is 3. The van der Waals surface area contributed by atoms with E-state index in [1.54, 1.807) is 19.2 Å². The zero-order valence-corrected chi connectivity index (χ0v) is 15.9. The van der Waals surface area contributed by atoms with Crippen molar-refractivity contribution in [3.63, 3.8) is 0 Å². The van der Waals surface area contributed by atoms with Crippen molar-refractivity contribution in [3.05, 3.63) is 46.1 Å². The number of aliphatic imine (C=N–C) groups is 1. The van der Waals surface area contributed by atoms with Crippen LogP contribution in [0.1, 0.15) is 19.4 Å². The van der Waals surface area contributed by atoms with E-state index in [-0.39, 0.29) is 12.2 Å². The van der Waals surface area contributed by atoms with Gasteiger partial charge >= 0.3 is 5.97 Å². The fraction of sp³-hybridized carbons (Fsp3) is 0.250. The predicted molar refractivity (Wildman–Crippen MR) is 101 cm³/mol. The quantitative estimate of drug-likeness (QED) is 0.201. The highest BCUT2D eigenvalue weighted by atomic mass is 79.9. The number of rotatable bonds is 5. The number of ether oxygens (including phenoxy) is 1. The van der Waals surface area contributed by atoms with Crippen LogP contribution in [0.4, 0.5) is 0 Å². The van der Waals surface area contributed by atoms with E-state index in [1.807, 2.05) is 31.2 Å². The number of nitriles is 1. The number of esters is 1. The van der Waals surface area contributed by atoms with Crippen molar-refractivity contribution in [2.75, 3.05) is 12.9 Å². The normalized spacial score (nSPS) is 12.5. The minimum absolute atomic E-state index is 0.168. The van der Waals surface area contributed by atoms with Gasteiger partial charge in [-0.1, -0.05) is 39.8 Å². The number of carbonyl (C=O) groups is 1. The molecule has 0 aliphatic carbocycles. The lowest BCUT2D eigenvalue weighted by molar-refractivity contribution is -0.138. The fourth-order valence-corrected chi connectivity index (χ4v) is 2.03. The van der Waals surface area contributed by atoms with Crippen LogP contribution in [0, 0.1) is 11.3 Å². The van der Waals surface area contributed by atoms with Crippen LogP contribution in [0.5, 0.6) is 0 Å². The average Bonchev–Trinajstić information content (AvgIpc) is 2.58. The van der Waals surface area contributed by atoms with Crippen molar-refractivity contribution in [2.24, 2.45) is 10.1 Å². The lowest BCUT2D eigenvalue weighted by atomic mass is 10.1.